The number of nitrogens with one attached hydrogen (secondary N) is 1. The second-order valence-corrected chi connectivity index (χ2v) is 11.9. The summed E-state index contributed by atoms with van der Waals surface area (Å²) in [4.78, 5) is 28.0. The van der Waals surface area contributed by atoms with Crippen LogP contribution in [0.25, 0.3) is 6.08 Å². The van der Waals surface area contributed by atoms with Crippen molar-refractivity contribution in [1.82, 2.24) is 4.90 Å². The highest BCUT2D eigenvalue weighted by Gasteiger charge is 2.34. The van der Waals surface area contributed by atoms with Gasteiger partial charge >= 0.3 is 0 Å². The first kappa shape index (κ1) is 30.6. The number of nitrogens with zero attached hydrogens (tertiary/aromatic N) is 3. The van der Waals surface area contributed by atoms with Gasteiger partial charge in [-0.1, -0.05) is 69.0 Å². The SMILES string of the molecule is Cc1ccc(NC(=O)COc2ccc(Br)cc2/C=C2\S/C(=N\N=C\c3cccc(Cl)c3Cl)N(Cc3ccco3)C2=O)cc1. The first-order chi connectivity index (χ1) is 20.8. The molecule has 1 N–H and O–H groups in total. The predicted molar refractivity (Wildman–Crippen MR) is 176 cm³/mol. The summed E-state index contributed by atoms with van der Waals surface area (Å²) >= 11 is 17.0. The fraction of sp³-hybridized carbons (Fsp3) is 0.0968. The number of thioether (sulfide) groups is 1. The third-order valence-corrected chi connectivity index (χ3v) is 8.38. The molecule has 0 bridgehead atoms. The number of carbonyl (C=O) groups is 2. The van der Waals surface area contributed by atoms with Crippen LogP contribution in [0.3, 0.4) is 0 Å². The van der Waals surface area contributed by atoms with Crippen LogP contribution in [0.1, 0.15) is 22.5 Å². The molecule has 1 aromatic heterocycles. The average molecular weight is 698 g/mol. The number of ether oxygens (including phenoxy) is 1. The smallest absolute Gasteiger partial charge is 0.267 e. The maximum atomic E-state index is 13.6. The van der Waals surface area contributed by atoms with E-state index in [-0.39, 0.29) is 25.0 Å². The zero-order valence-corrected chi connectivity index (χ0v) is 26.5. The molecule has 12 heteroatoms. The van der Waals surface area contributed by atoms with Gasteiger partial charge in [0, 0.05) is 21.3 Å². The standard InChI is InChI=1S/C31H23BrCl2N4O4S/c1-19-7-10-23(11-8-19)36-28(39)18-42-26-12-9-22(32)14-21(26)15-27-30(40)38(17-24-5-3-13-41-24)31(43-27)37-35-16-20-4-2-6-25(33)29(20)34/h2-16H,17-18H2,1H3,(H,36,39)/b27-15-,35-16+,37-31-. The normalized spacial score (nSPS) is 15.2. The summed E-state index contributed by atoms with van der Waals surface area (Å²) in [6.45, 7) is 1.91. The third kappa shape index (κ3) is 7.97. The molecule has 0 aliphatic carbocycles. The lowest BCUT2D eigenvalue weighted by molar-refractivity contribution is -0.122. The summed E-state index contributed by atoms with van der Waals surface area (Å²) in [7, 11) is 0. The maximum Gasteiger partial charge on any atom is 0.267 e. The van der Waals surface area contributed by atoms with Gasteiger partial charge in [0.2, 0.25) is 0 Å². The first-order valence-electron chi connectivity index (χ1n) is 12.8. The van der Waals surface area contributed by atoms with E-state index in [9.17, 15) is 9.59 Å². The largest absolute Gasteiger partial charge is 0.483 e. The van der Waals surface area contributed by atoms with Crippen LogP contribution in [0.15, 0.2) is 103 Å². The van der Waals surface area contributed by atoms with E-state index in [0.29, 0.717) is 48.4 Å². The number of aryl methyl sites for hydroxylation is 1. The Balaban J connectivity index is 1.38. The molecule has 1 aliphatic heterocycles. The number of furan rings is 1. The number of hydrogen-bond acceptors (Lipinski definition) is 7. The number of amidine groups is 1. The van der Waals surface area contributed by atoms with E-state index in [1.165, 1.54) is 17.4 Å². The summed E-state index contributed by atoms with van der Waals surface area (Å²) in [6.07, 6.45) is 4.71. The molecule has 4 aromatic rings. The third-order valence-electron chi connectivity index (χ3n) is 6.06. The molecule has 43 heavy (non-hydrogen) atoms. The van der Waals surface area contributed by atoms with Crippen LogP contribution in [0.4, 0.5) is 5.69 Å². The molecule has 1 saturated heterocycles. The molecule has 8 nitrogen and oxygen atoms in total. The Labute approximate surface area is 270 Å². The summed E-state index contributed by atoms with van der Waals surface area (Å²) in [5.41, 5.74) is 2.95. The number of anilines is 1. The monoisotopic (exact) mass is 696 g/mol. The number of halogens is 3. The Morgan fingerprint density at radius 2 is 1.91 bits per heavy atom. The second kappa shape index (κ2) is 14.1. The fourth-order valence-electron chi connectivity index (χ4n) is 3.92. The molecular weight excluding hydrogens is 675 g/mol. The minimum Gasteiger partial charge on any atom is -0.483 e. The van der Waals surface area contributed by atoms with Crippen LogP contribution in [-0.2, 0) is 16.1 Å². The highest BCUT2D eigenvalue weighted by Crippen LogP contribution is 2.36. The Bertz CT molecular complexity index is 1740. The highest BCUT2D eigenvalue weighted by molar-refractivity contribution is 9.10. The van der Waals surface area contributed by atoms with Gasteiger partial charge in [-0.3, -0.25) is 14.5 Å². The molecule has 2 heterocycles. The molecule has 5 rings (SSSR count). The zero-order valence-electron chi connectivity index (χ0n) is 22.6. The summed E-state index contributed by atoms with van der Waals surface area (Å²) in [5.74, 6) is 0.406. The minimum atomic E-state index is -0.312. The number of rotatable bonds is 9. The molecule has 218 valence electrons. The van der Waals surface area contributed by atoms with E-state index in [1.807, 2.05) is 31.2 Å². The molecule has 0 spiro atoms. The van der Waals surface area contributed by atoms with Crippen LogP contribution in [0.5, 0.6) is 5.75 Å². The molecule has 3 aromatic carbocycles. The lowest BCUT2D eigenvalue weighted by Crippen LogP contribution is -2.28. The quantitative estimate of drug-likeness (QED) is 0.108. The van der Waals surface area contributed by atoms with Crippen molar-refractivity contribution in [2.45, 2.75) is 13.5 Å². The van der Waals surface area contributed by atoms with Gasteiger partial charge in [-0.2, -0.15) is 5.10 Å². The van der Waals surface area contributed by atoms with E-state index in [1.54, 1.807) is 54.6 Å². The lowest BCUT2D eigenvalue weighted by Gasteiger charge is -2.13. The van der Waals surface area contributed by atoms with Crippen molar-refractivity contribution >= 4 is 85.9 Å². The van der Waals surface area contributed by atoms with Gasteiger partial charge in [0.15, 0.2) is 11.8 Å². The van der Waals surface area contributed by atoms with Crippen molar-refractivity contribution in [3.63, 3.8) is 0 Å². The van der Waals surface area contributed by atoms with Crippen molar-refractivity contribution in [3.8, 4) is 5.75 Å². The average Bonchev–Trinajstić information content (AvgIpc) is 3.60. The maximum absolute atomic E-state index is 13.6. The van der Waals surface area contributed by atoms with Crippen molar-refractivity contribution in [2.75, 3.05) is 11.9 Å². The van der Waals surface area contributed by atoms with Gasteiger partial charge in [-0.15, -0.1) is 5.10 Å². The predicted octanol–water partition coefficient (Wildman–Crippen LogP) is 8.18. The molecule has 0 saturated carbocycles. The van der Waals surface area contributed by atoms with Gasteiger partial charge in [0.25, 0.3) is 11.8 Å². The molecular formula is C31H23BrCl2N4O4S. The second-order valence-electron chi connectivity index (χ2n) is 9.24. The number of amides is 2. The van der Waals surface area contributed by atoms with Gasteiger partial charge in [-0.25, -0.2) is 0 Å². The Morgan fingerprint density at radius 3 is 2.67 bits per heavy atom. The molecule has 0 unspecified atom stereocenters. The molecule has 0 radical (unpaired) electrons. The van der Waals surface area contributed by atoms with E-state index in [2.05, 4.69) is 31.4 Å². The van der Waals surface area contributed by atoms with E-state index in [4.69, 9.17) is 32.4 Å². The summed E-state index contributed by atoms with van der Waals surface area (Å²) < 4.78 is 12.1. The van der Waals surface area contributed by atoms with Gasteiger partial charge in [0.1, 0.15) is 11.5 Å². The number of carbonyl (C=O) groups excluding carboxylic acids is 2. The van der Waals surface area contributed by atoms with Crippen LogP contribution >= 0.6 is 50.9 Å². The van der Waals surface area contributed by atoms with Gasteiger partial charge in [0.05, 0.1) is 34.0 Å². The van der Waals surface area contributed by atoms with Crippen LogP contribution in [0.2, 0.25) is 10.0 Å². The number of hydrogen-bond donors (Lipinski definition) is 1. The van der Waals surface area contributed by atoms with Crippen molar-refractivity contribution < 1.29 is 18.7 Å². The van der Waals surface area contributed by atoms with Crippen LogP contribution in [0, 0.1) is 6.92 Å². The summed E-state index contributed by atoms with van der Waals surface area (Å²) in [5, 5.41) is 12.4. The number of benzene rings is 3. The van der Waals surface area contributed by atoms with Crippen molar-refractivity contribution in [1.29, 1.82) is 0 Å². The van der Waals surface area contributed by atoms with E-state index < -0.39 is 0 Å². The Morgan fingerprint density at radius 1 is 1.09 bits per heavy atom. The summed E-state index contributed by atoms with van der Waals surface area (Å²) in [6, 6.07) is 21.5. The molecule has 2 amide bonds. The van der Waals surface area contributed by atoms with Gasteiger partial charge in [-0.05, 0) is 73.3 Å². The molecule has 1 fully saturated rings. The van der Waals surface area contributed by atoms with Gasteiger partial charge < -0.3 is 14.5 Å². The highest BCUT2D eigenvalue weighted by atomic mass is 79.9. The minimum absolute atomic E-state index is 0.156. The van der Waals surface area contributed by atoms with Crippen LogP contribution in [-0.4, -0.2) is 34.7 Å². The van der Waals surface area contributed by atoms with Crippen molar-refractivity contribution in [3.05, 3.63) is 121 Å². The molecule has 0 atom stereocenters. The van der Waals surface area contributed by atoms with E-state index >= 15 is 0 Å². The van der Waals surface area contributed by atoms with Crippen molar-refractivity contribution in [2.24, 2.45) is 10.2 Å². The lowest BCUT2D eigenvalue weighted by atomic mass is 10.2. The fourth-order valence-corrected chi connectivity index (χ4v) is 5.58. The molecule has 1 aliphatic rings. The Kier molecular flexibility index (Phi) is 10.0. The Hall–Kier alpha value is -3.83. The topological polar surface area (TPSA) is 96.5 Å². The van der Waals surface area contributed by atoms with E-state index in [0.717, 1.165) is 21.8 Å². The zero-order chi connectivity index (χ0) is 30.3. The first-order valence-corrected chi connectivity index (χ1v) is 15.2. The van der Waals surface area contributed by atoms with Crippen LogP contribution < -0.4 is 10.1 Å².